The molecular formula is C48H92O4. The standard InChI is InChI=1S/2C24H46O2/c2*1-2-3-4-5-6-7-8-9-10-11-12-13-14-15-16-17-18-19-20-21-22-23-24(25)26/h2*9-10H,2-8,11-23H2,1H3,(H,25,26)/b2*10-9-. The van der Waals surface area contributed by atoms with E-state index in [4.69, 9.17) is 10.2 Å². The minimum Gasteiger partial charge on any atom is -0.481 e. The van der Waals surface area contributed by atoms with Crippen LogP contribution in [-0.2, 0) is 9.59 Å². The Labute approximate surface area is 325 Å². The number of allylic oxidation sites excluding steroid dienone is 4. The Morgan fingerprint density at radius 2 is 0.462 bits per heavy atom. The number of aliphatic carboxylic acids is 2. The van der Waals surface area contributed by atoms with E-state index in [1.165, 1.54) is 218 Å². The first-order valence-electron chi connectivity index (χ1n) is 23.3. The first-order chi connectivity index (χ1) is 25.5. The SMILES string of the molecule is CCCCCCCC/C=C\CCCCCCCCCCCCCC(=O)O.CCCCCCCC/C=C\CCCCCCCCCCCCCC(=O)O. The van der Waals surface area contributed by atoms with E-state index in [-0.39, 0.29) is 0 Å². The van der Waals surface area contributed by atoms with E-state index in [0.29, 0.717) is 12.8 Å². The van der Waals surface area contributed by atoms with Crippen molar-refractivity contribution in [2.45, 2.75) is 271 Å². The highest BCUT2D eigenvalue weighted by Crippen LogP contribution is 2.15. The minimum atomic E-state index is -0.654. The van der Waals surface area contributed by atoms with Gasteiger partial charge in [0.2, 0.25) is 0 Å². The van der Waals surface area contributed by atoms with E-state index >= 15 is 0 Å². The fraction of sp³-hybridized carbons (Fsp3) is 0.875. The average molecular weight is 733 g/mol. The average Bonchev–Trinajstić information content (AvgIpc) is 3.13. The molecule has 0 bridgehead atoms. The van der Waals surface area contributed by atoms with E-state index in [2.05, 4.69) is 38.2 Å². The number of carboxylic acids is 2. The van der Waals surface area contributed by atoms with Crippen LogP contribution in [-0.4, -0.2) is 22.2 Å². The lowest BCUT2D eigenvalue weighted by Gasteiger charge is -2.02. The molecule has 0 aliphatic heterocycles. The van der Waals surface area contributed by atoms with Crippen LogP contribution in [0.4, 0.5) is 0 Å². The highest BCUT2D eigenvalue weighted by Gasteiger charge is 1.98. The van der Waals surface area contributed by atoms with Gasteiger partial charge in [0.1, 0.15) is 0 Å². The van der Waals surface area contributed by atoms with Gasteiger partial charge < -0.3 is 10.2 Å². The summed E-state index contributed by atoms with van der Waals surface area (Å²) in [6.07, 6.45) is 60.2. The smallest absolute Gasteiger partial charge is 0.303 e. The zero-order valence-electron chi connectivity index (χ0n) is 35.3. The second kappa shape index (κ2) is 49.4. The van der Waals surface area contributed by atoms with Crippen molar-refractivity contribution >= 4 is 11.9 Å². The van der Waals surface area contributed by atoms with Gasteiger partial charge in [-0.2, -0.15) is 0 Å². The van der Waals surface area contributed by atoms with Gasteiger partial charge in [0.25, 0.3) is 0 Å². The molecule has 0 spiro atoms. The summed E-state index contributed by atoms with van der Waals surface area (Å²) in [6, 6.07) is 0. The molecule has 0 aromatic rings. The van der Waals surface area contributed by atoms with Crippen molar-refractivity contribution in [2.75, 3.05) is 0 Å². The zero-order valence-corrected chi connectivity index (χ0v) is 35.3. The number of unbranched alkanes of at least 4 members (excludes halogenated alkanes) is 34. The van der Waals surface area contributed by atoms with Crippen LogP contribution in [0.25, 0.3) is 0 Å². The van der Waals surface area contributed by atoms with E-state index in [0.717, 1.165) is 25.7 Å². The van der Waals surface area contributed by atoms with Crippen molar-refractivity contribution in [3.8, 4) is 0 Å². The van der Waals surface area contributed by atoms with Gasteiger partial charge in [-0.05, 0) is 64.2 Å². The summed E-state index contributed by atoms with van der Waals surface area (Å²) in [5.74, 6) is -1.31. The number of hydrogen-bond acceptors (Lipinski definition) is 2. The molecule has 0 radical (unpaired) electrons. The van der Waals surface area contributed by atoms with Crippen molar-refractivity contribution in [1.29, 1.82) is 0 Å². The number of carbonyl (C=O) groups is 2. The fourth-order valence-electron chi connectivity index (χ4n) is 6.82. The van der Waals surface area contributed by atoms with Crippen LogP contribution in [0, 0.1) is 0 Å². The molecule has 0 saturated carbocycles. The van der Waals surface area contributed by atoms with Crippen molar-refractivity contribution in [2.24, 2.45) is 0 Å². The molecule has 0 rings (SSSR count). The molecule has 0 fully saturated rings. The van der Waals surface area contributed by atoms with Gasteiger partial charge in [-0.25, -0.2) is 0 Å². The molecule has 0 amide bonds. The Kier molecular flexibility index (Phi) is 49.9. The summed E-state index contributed by atoms with van der Waals surface area (Å²) in [6.45, 7) is 4.55. The molecule has 52 heavy (non-hydrogen) atoms. The van der Waals surface area contributed by atoms with Crippen LogP contribution in [0.15, 0.2) is 24.3 Å². The maximum Gasteiger partial charge on any atom is 0.303 e. The third-order valence-electron chi connectivity index (χ3n) is 10.3. The van der Waals surface area contributed by atoms with Gasteiger partial charge >= 0.3 is 11.9 Å². The van der Waals surface area contributed by atoms with Gasteiger partial charge in [0.15, 0.2) is 0 Å². The second-order valence-corrected chi connectivity index (χ2v) is 15.7. The quantitative estimate of drug-likeness (QED) is 0.0484. The molecule has 308 valence electrons. The summed E-state index contributed by atoms with van der Waals surface area (Å²) in [5, 5.41) is 17.1. The Morgan fingerprint density at radius 1 is 0.288 bits per heavy atom. The Morgan fingerprint density at radius 3 is 0.654 bits per heavy atom. The van der Waals surface area contributed by atoms with Crippen LogP contribution in [0.1, 0.15) is 271 Å². The van der Waals surface area contributed by atoms with Crippen molar-refractivity contribution < 1.29 is 19.8 Å². The molecule has 0 aliphatic carbocycles. The highest BCUT2D eigenvalue weighted by molar-refractivity contribution is 5.66. The van der Waals surface area contributed by atoms with Crippen molar-refractivity contribution in [1.82, 2.24) is 0 Å². The number of hydrogen-bond donors (Lipinski definition) is 2. The van der Waals surface area contributed by atoms with Crippen LogP contribution >= 0.6 is 0 Å². The first-order valence-corrected chi connectivity index (χ1v) is 23.3. The number of rotatable bonds is 42. The van der Waals surface area contributed by atoms with Crippen LogP contribution in [0.3, 0.4) is 0 Å². The molecule has 0 atom stereocenters. The molecular weight excluding hydrogens is 641 g/mol. The lowest BCUT2D eigenvalue weighted by atomic mass is 10.0. The van der Waals surface area contributed by atoms with Crippen LogP contribution < -0.4 is 0 Å². The molecule has 4 heteroatoms. The zero-order chi connectivity index (χ0) is 38.3. The molecule has 0 unspecified atom stereocenters. The van der Waals surface area contributed by atoms with E-state index in [9.17, 15) is 9.59 Å². The fourth-order valence-corrected chi connectivity index (χ4v) is 6.82. The molecule has 0 saturated heterocycles. The first kappa shape index (κ1) is 52.5. The Hall–Kier alpha value is -1.58. The highest BCUT2D eigenvalue weighted by atomic mass is 16.4. The molecule has 0 aromatic heterocycles. The van der Waals surface area contributed by atoms with Gasteiger partial charge in [-0.1, -0.05) is 218 Å². The summed E-state index contributed by atoms with van der Waals surface area (Å²) >= 11 is 0. The predicted octanol–water partition coefficient (Wildman–Crippen LogP) is 16.9. The van der Waals surface area contributed by atoms with Crippen molar-refractivity contribution in [3.63, 3.8) is 0 Å². The van der Waals surface area contributed by atoms with E-state index < -0.39 is 11.9 Å². The summed E-state index contributed by atoms with van der Waals surface area (Å²) < 4.78 is 0. The number of carboxylic acid groups (broad SMARTS) is 2. The lowest BCUT2D eigenvalue weighted by Crippen LogP contribution is -1.93. The van der Waals surface area contributed by atoms with Gasteiger partial charge in [0, 0.05) is 12.8 Å². The molecule has 0 aliphatic rings. The van der Waals surface area contributed by atoms with E-state index in [1.807, 2.05) is 0 Å². The Balaban J connectivity index is 0. The predicted molar refractivity (Wildman–Crippen MR) is 230 cm³/mol. The lowest BCUT2D eigenvalue weighted by molar-refractivity contribution is -0.138. The molecule has 0 heterocycles. The summed E-state index contributed by atoms with van der Waals surface area (Å²) in [7, 11) is 0. The largest absolute Gasteiger partial charge is 0.481 e. The molecule has 2 N–H and O–H groups in total. The van der Waals surface area contributed by atoms with E-state index in [1.54, 1.807) is 0 Å². The maximum atomic E-state index is 10.4. The van der Waals surface area contributed by atoms with Gasteiger partial charge in [0.05, 0.1) is 0 Å². The third-order valence-corrected chi connectivity index (χ3v) is 10.3. The summed E-state index contributed by atoms with van der Waals surface area (Å²) in [4.78, 5) is 20.8. The van der Waals surface area contributed by atoms with Gasteiger partial charge in [-0.15, -0.1) is 0 Å². The van der Waals surface area contributed by atoms with Crippen molar-refractivity contribution in [3.05, 3.63) is 24.3 Å². The van der Waals surface area contributed by atoms with Crippen LogP contribution in [0.2, 0.25) is 0 Å². The minimum absolute atomic E-state index is 0.342. The van der Waals surface area contributed by atoms with Gasteiger partial charge in [-0.3, -0.25) is 9.59 Å². The topological polar surface area (TPSA) is 74.6 Å². The summed E-state index contributed by atoms with van der Waals surface area (Å²) in [5.41, 5.74) is 0. The molecule has 0 aromatic carbocycles. The monoisotopic (exact) mass is 733 g/mol. The second-order valence-electron chi connectivity index (χ2n) is 15.7. The Bertz CT molecular complexity index is 681. The third kappa shape index (κ3) is 55.2. The maximum absolute atomic E-state index is 10.4. The normalized spacial score (nSPS) is 11.4. The molecule has 4 nitrogen and oxygen atoms in total. The van der Waals surface area contributed by atoms with Crippen LogP contribution in [0.5, 0.6) is 0 Å².